The van der Waals surface area contributed by atoms with Crippen molar-refractivity contribution < 1.29 is 18.0 Å². The Kier molecular flexibility index (Phi) is 8.93. The van der Waals surface area contributed by atoms with Crippen molar-refractivity contribution in [2.24, 2.45) is 5.41 Å². The molecular formula is C30H41N3O4S. The van der Waals surface area contributed by atoms with Gasteiger partial charge in [-0.05, 0) is 55.2 Å². The van der Waals surface area contributed by atoms with Gasteiger partial charge in [0.15, 0.2) is 0 Å². The quantitative estimate of drug-likeness (QED) is 0.431. The molecule has 2 aromatic rings. The molecule has 0 bridgehead atoms. The van der Waals surface area contributed by atoms with Crippen LogP contribution < -0.4 is 5.32 Å². The minimum atomic E-state index is -3.28. The molecule has 7 nitrogen and oxygen atoms in total. The summed E-state index contributed by atoms with van der Waals surface area (Å²) in [6.45, 7) is 5.73. The number of aryl methyl sites for hydroxylation is 1. The van der Waals surface area contributed by atoms with Crippen LogP contribution >= 0.6 is 0 Å². The molecule has 1 aliphatic heterocycles. The number of carbonyl (C=O) groups is 2. The van der Waals surface area contributed by atoms with Crippen LogP contribution in [0.5, 0.6) is 0 Å². The molecule has 1 saturated carbocycles. The van der Waals surface area contributed by atoms with Gasteiger partial charge in [0.2, 0.25) is 15.9 Å². The number of amides is 2. The number of sulfonamides is 1. The number of nitrogens with one attached hydrogen (secondary N) is 1. The molecule has 2 amide bonds. The van der Waals surface area contributed by atoms with Crippen LogP contribution in [0, 0.1) is 12.3 Å². The van der Waals surface area contributed by atoms with Crippen molar-refractivity contribution in [3.05, 3.63) is 71.3 Å². The summed E-state index contributed by atoms with van der Waals surface area (Å²) in [7, 11) is -3.28. The smallest absolute Gasteiger partial charge is 0.251 e. The Labute approximate surface area is 227 Å². The molecule has 8 heteroatoms. The van der Waals surface area contributed by atoms with E-state index in [9.17, 15) is 18.0 Å². The third-order valence-corrected chi connectivity index (χ3v) is 9.53. The van der Waals surface area contributed by atoms with Crippen molar-refractivity contribution in [1.82, 2.24) is 14.5 Å². The first-order valence-corrected chi connectivity index (χ1v) is 15.6. The number of piperazine rings is 1. The molecule has 3 atom stereocenters. The zero-order chi connectivity index (χ0) is 27.3. The highest BCUT2D eigenvalue weighted by molar-refractivity contribution is 7.88. The van der Waals surface area contributed by atoms with E-state index in [0.717, 1.165) is 25.7 Å². The second-order valence-electron chi connectivity index (χ2n) is 11.3. The lowest BCUT2D eigenvalue weighted by Crippen LogP contribution is -2.55. The Hall–Kier alpha value is -2.71. The summed E-state index contributed by atoms with van der Waals surface area (Å²) in [6, 6.07) is 17.2. The van der Waals surface area contributed by atoms with Crippen LogP contribution in [0.3, 0.4) is 0 Å². The Balaban J connectivity index is 1.29. The SMILES string of the molecule is Cc1ccc([C@H]2C[C@]2(C)CCCCC[C@H](NC(=O)c2ccccc2)C(=O)N2CCN(S(C)(=O)=O)CC2)cc1. The van der Waals surface area contributed by atoms with Crippen molar-refractivity contribution in [2.45, 2.75) is 64.3 Å². The van der Waals surface area contributed by atoms with Gasteiger partial charge in [-0.25, -0.2) is 8.42 Å². The van der Waals surface area contributed by atoms with Gasteiger partial charge in [-0.3, -0.25) is 9.59 Å². The number of carbonyl (C=O) groups excluding carboxylic acids is 2. The van der Waals surface area contributed by atoms with E-state index in [2.05, 4.69) is 43.4 Å². The minimum absolute atomic E-state index is 0.129. The molecule has 0 aromatic heterocycles. The molecular weight excluding hydrogens is 498 g/mol. The third-order valence-electron chi connectivity index (χ3n) is 8.23. The topological polar surface area (TPSA) is 86.8 Å². The van der Waals surface area contributed by atoms with Crippen LogP contribution in [-0.2, 0) is 14.8 Å². The van der Waals surface area contributed by atoms with Crippen LogP contribution in [0.1, 0.15) is 72.9 Å². The predicted molar refractivity (Wildman–Crippen MR) is 150 cm³/mol. The normalized spacial score (nSPS) is 22.6. The summed E-state index contributed by atoms with van der Waals surface area (Å²) in [5.74, 6) is 0.245. The number of rotatable bonds is 11. The maximum atomic E-state index is 13.4. The van der Waals surface area contributed by atoms with Crippen molar-refractivity contribution in [3.8, 4) is 0 Å². The number of unbranched alkanes of at least 4 members (excludes halogenated alkanes) is 2. The van der Waals surface area contributed by atoms with Crippen molar-refractivity contribution in [1.29, 1.82) is 0 Å². The first kappa shape index (κ1) is 28.3. The highest BCUT2D eigenvalue weighted by Crippen LogP contribution is 2.61. The summed E-state index contributed by atoms with van der Waals surface area (Å²) < 4.78 is 25.1. The zero-order valence-electron chi connectivity index (χ0n) is 22.9. The van der Waals surface area contributed by atoms with E-state index >= 15 is 0 Å². The van der Waals surface area contributed by atoms with Gasteiger partial charge in [-0.1, -0.05) is 74.2 Å². The fourth-order valence-electron chi connectivity index (χ4n) is 5.61. The summed E-state index contributed by atoms with van der Waals surface area (Å²) in [5.41, 5.74) is 3.60. The lowest BCUT2D eigenvalue weighted by atomic mass is 9.93. The molecule has 2 aromatic carbocycles. The highest BCUT2D eigenvalue weighted by atomic mass is 32.2. The molecule has 4 rings (SSSR count). The molecule has 0 unspecified atom stereocenters. The molecule has 0 radical (unpaired) electrons. The molecule has 1 aliphatic carbocycles. The van der Waals surface area contributed by atoms with Crippen LogP contribution in [-0.4, -0.2) is 67.9 Å². The average Bonchev–Trinajstić information content (AvgIpc) is 3.58. The third kappa shape index (κ3) is 7.23. The van der Waals surface area contributed by atoms with Crippen molar-refractivity contribution in [3.63, 3.8) is 0 Å². The van der Waals surface area contributed by atoms with Crippen LogP contribution in [0.15, 0.2) is 54.6 Å². The lowest BCUT2D eigenvalue weighted by molar-refractivity contribution is -0.134. The fraction of sp³-hybridized carbons (Fsp3) is 0.533. The zero-order valence-corrected chi connectivity index (χ0v) is 23.7. The Morgan fingerprint density at radius 1 is 0.974 bits per heavy atom. The van der Waals surface area contributed by atoms with Crippen LogP contribution in [0.2, 0.25) is 0 Å². The van der Waals surface area contributed by atoms with Crippen LogP contribution in [0.4, 0.5) is 0 Å². The van der Waals surface area contributed by atoms with Crippen molar-refractivity contribution in [2.75, 3.05) is 32.4 Å². The Bertz CT molecular complexity index is 1210. The highest BCUT2D eigenvalue weighted by Gasteiger charge is 2.49. The lowest BCUT2D eigenvalue weighted by Gasteiger charge is -2.35. The minimum Gasteiger partial charge on any atom is -0.340 e. The number of hydrogen-bond acceptors (Lipinski definition) is 4. The molecule has 2 aliphatic rings. The van der Waals surface area contributed by atoms with Gasteiger partial charge in [0, 0.05) is 31.7 Å². The Morgan fingerprint density at radius 2 is 1.63 bits per heavy atom. The molecule has 38 heavy (non-hydrogen) atoms. The van der Waals surface area contributed by atoms with E-state index in [0.29, 0.717) is 36.4 Å². The largest absolute Gasteiger partial charge is 0.340 e. The molecule has 0 spiro atoms. The average molecular weight is 540 g/mol. The first-order valence-electron chi connectivity index (χ1n) is 13.7. The summed E-state index contributed by atoms with van der Waals surface area (Å²) in [4.78, 5) is 28.0. The van der Waals surface area contributed by atoms with Gasteiger partial charge in [-0.2, -0.15) is 4.31 Å². The monoisotopic (exact) mass is 539 g/mol. The van der Waals surface area contributed by atoms with E-state index in [4.69, 9.17) is 0 Å². The van der Waals surface area contributed by atoms with E-state index in [1.165, 1.54) is 28.1 Å². The van der Waals surface area contributed by atoms with Crippen LogP contribution in [0.25, 0.3) is 0 Å². The van der Waals surface area contributed by atoms with Gasteiger partial charge < -0.3 is 10.2 Å². The second kappa shape index (κ2) is 12.0. The van der Waals surface area contributed by atoms with Crippen molar-refractivity contribution >= 4 is 21.8 Å². The number of benzene rings is 2. The predicted octanol–water partition coefficient (Wildman–Crippen LogP) is 4.34. The van der Waals surface area contributed by atoms with Gasteiger partial charge in [0.1, 0.15) is 6.04 Å². The fourth-order valence-corrected chi connectivity index (χ4v) is 6.43. The first-order chi connectivity index (χ1) is 18.1. The van der Waals surface area contributed by atoms with E-state index in [1.807, 2.05) is 6.07 Å². The Morgan fingerprint density at radius 3 is 2.26 bits per heavy atom. The standard InChI is InChI=1S/C30H41N3O4S/c1-23-13-15-24(16-14-23)26-22-30(26,2)17-9-5-8-12-27(31-28(34)25-10-6-4-7-11-25)29(35)32-18-20-33(21-19-32)38(3,36)37/h4,6-7,10-11,13-16,26-27H,5,8-9,12,17-22H2,1-3H3,(H,31,34)/t26-,27+,30+/m1/s1. The van der Waals surface area contributed by atoms with E-state index in [1.54, 1.807) is 29.2 Å². The summed E-state index contributed by atoms with van der Waals surface area (Å²) in [6.07, 6.45) is 7.10. The second-order valence-corrected chi connectivity index (χ2v) is 13.3. The van der Waals surface area contributed by atoms with E-state index in [-0.39, 0.29) is 24.9 Å². The van der Waals surface area contributed by atoms with Gasteiger partial charge in [-0.15, -0.1) is 0 Å². The molecule has 1 saturated heterocycles. The van der Waals surface area contributed by atoms with E-state index < -0.39 is 16.1 Å². The molecule has 2 fully saturated rings. The summed E-state index contributed by atoms with van der Waals surface area (Å²) >= 11 is 0. The maximum Gasteiger partial charge on any atom is 0.251 e. The molecule has 1 N–H and O–H groups in total. The number of nitrogens with zero attached hydrogens (tertiary/aromatic N) is 2. The van der Waals surface area contributed by atoms with Gasteiger partial charge >= 0.3 is 0 Å². The maximum absolute atomic E-state index is 13.4. The summed E-state index contributed by atoms with van der Waals surface area (Å²) in [5, 5.41) is 2.96. The van der Waals surface area contributed by atoms with Gasteiger partial charge in [0.05, 0.1) is 6.26 Å². The van der Waals surface area contributed by atoms with Gasteiger partial charge in [0.25, 0.3) is 5.91 Å². The number of hydrogen-bond donors (Lipinski definition) is 1. The molecule has 1 heterocycles. The molecule has 206 valence electrons.